The fourth-order valence-corrected chi connectivity index (χ4v) is 3.56. The number of hydrogen-bond donors (Lipinski definition) is 0. The maximum absolute atomic E-state index is 12.5. The molecule has 1 aliphatic heterocycles. The molecule has 3 rings (SSSR count). The molecule has 0 N–H and O–H groups in total. The van der Waals surface area contributed by atoms with Gasteiger partial charge in [-0.25, -0.2) is 4.90 Å². The first-order valence-corrected chi connectivity index (χ1v) is 7.95. The number of rotatable bonds is 1. The van der Waals surface area contributed by atoms with E-state index in [1.54, 1.807) is 24.3 Å². The normalized spacial score (nSPS) is 13.8. The molecule has 0 atom stereocenters. The summed E-state index contributed by atoms with van der Waals surface area (Å²) in [7, 11) is 0. The van der Waals surface area contributed by atoms with Gasteiger partial charge in [0, 0.05) is 8.95 Å². The Morgan fingerprint density at radius 1 is 0.905 bits per heavy atom. The first-order chi connectivity index (χ1) is 9.93. The lowest BCUT2D eigenvalue weighted by molar-refractivity contribution is 0.0926. The number of benzene rings is 2. The molecule has 0 fully saturated rings. The van der Waals surface area contributed by atoms with Crippen molar-refractivity contribution in [2.24, 2.45) is 0 Å². The second-order valence-electron chi connectivity index (χ2n) is 4.96. The van der Waals surface area contributed by atoms with Crippen molar-refractivity contribution in [2.75, 3.05) is 4.90 Å². The first kappa shape index (κ1) is 14.5. The van der Waals surface area contributed by atoms with E-state index in [0.29, 0.717) is 16.8 Å². The van der Waals surface area contributed by atoms with Crippen LogP contribution in [0.5, 0.6) is 0 Å². The van der Waals surface area contributed by atoms with Crippen LogP contribution in [0.1, 0.15) is 31.8 Å². The Morgan fingerprint density at radius 3 is 1.95 bits per heavy atom. The Balaban J connectivity index is 2.21. The van der Waals surface area contributed by atoms with Gasteiger partial charge in [-0.05, 0) is 59.1 Å². The van der Waals surface area contributed by atoms with E-state index in [1.165, 1.54) is 4.90 Å². The van der Waals surface area contributed by atoms with Crippen LogP contribution in [0.25, 0.3) is 0 Å². The summed E-state index contributed by atoms with van der Waals surface area (Å²) in [5.74, 6) is -0.560. The number of fused-ring (bicyclic) bond motifs is 1. The topological polar surface area (TPSA) is 37.4 Å². The number of amides is 2. The smallest absolute Gasteiger partial charge is 0.266 e. The number of aryl methyl sites for hydroxylation is 1. The monoisotopic (exact) mass is 407 g/mol. The molecule has 0 aromatic heterocycles. The van der Waals surface area contributed by atoms with Gasteiger partial charge < -0.3 is 0 Å². The molecule has 3 nitrogen and oxygen atoms in total. The van der Waals surface area contributed by atoms with Crippen molar-refractivity contribution in [3.8, 4) is 0 Å². The van der Waals surface area contributed by atoms with Crippen molar-refractivity contribution >= 4 is 49.4 Å². The second-order valence-corrected chi connectivity index (χ2v) is 6.54. The number of imide groups is 1. The molecule has 21 heavy (non-hydrogen) atoms. The standard InChI is InChI=1S/C16H11Br2NO2/c1-8-7-12(14(18)9(2)13(8)17)19-15(20)10-5-3-4-6-11(10)16(19)21/h3-7H,1-2H3. The number of hydrogen-bond acceptors (Lipinski definition) is 2. The zero-order valence-corrected chi connectivity index (χ0v) is 14.6. The summed E-state index contributed by atoms with van der Waals surface area (Å²) >= 11 is 7.01. The van der Waals surface area contributed by atoms with E-state index in [9.17, 15) is 9.59 Å². The summed E-state index contributed by atoms with van der Waals surface area (Å²) in [4.78, 5) is 26.3. The molecule has 2 aromatic carbocycles. The van der Waals surface area contributed by atoms with Gasteiger partial charge in [-0.1, -0.05) is 28.1 Å². The highest BCUT2D eigenvalue weighted by atomic mass is 79.9. The molecular formula is C16H11Br2NO2. The Labute approximate surface area is 139 Å². The van der Waals surface area contributed by atoms with Crippen LogP contribution in [0.2, 0.25) is 0 Å². The van der Waals surface area contributed by atoms with E-state index in [-0.39, 0.29) is 11.8 Å². The van der Waals surface area contributed by atoms with Crippen LogP contribution in [0.15, 0.2) is 39.3 Å². The van der Waals surface area contributed by atoms with Gasteiger partial charge in [0.1, 0.15) is 0 Å². The van der Waals surface area contributed by atoms with Crippen LogP contribution in [0.3, 0.4) is 0 Å². The fraction of sp³-hybridized carbons (Fsp3) is 0.125. The van der Waals surface area contributed by atoms with Crippen LogP contribution in [-0.2, 0) is 0 Å². The molecule has 2 amide bonds. The third-order valence-corrected chi connectivity index (χ3v) is 5.84. The average Bonchev–Trinajstić information content (AvgIpc) is 2.73. The van der Waals surface area contributed by atoms with Gasteiger partial charge in [-0.15, -0.1) is 0 Å². The zero-order valence-electron chi connectivity index (χ0n) is 11.4. The van der Waals surface area contributed by atoms with Gasteiger partial charge >= 0.3 is 0 Å². The third kappa shape index (κ3) is 2.07. The lowest BCUT2D eigenvalue weighted by Crippen LogP contribution is -2.30. The fourth-order valence-electron chi connectivity index (χ4n) is 2.49. The summed E-state index contributed by atoms with van der Waals surface area (Å²) in [6.07, 6.45) is 0. The Hall–Kier alpha value is -1.46. The lowest BCUT2D eigenvalue weighted by atomic mass is 10.1. The molecule has 0 saturated carbocycles. The Kier molecular flexibility index (Phi) is 3.50. The predicted molar refractivity (Wildman–Crippen MR) is 88.9 cm³/mol. The maximum atomic E-state index is 12.5. The summed E-state index contributed by atoms with van der Waals surface area (Å²) in [5, 5.41) is 0. The minimum atomic E-state index is -0.280. The highest BCUT2D eigenvalue weighted by Crippen LogP contribution is 2.39. The molecule has 0 aliphatic carbocycles. The summed E-state index contributed by atoms with van der Waals surface area (Å²) < 4.78 is 1.71. The number of halogens is 2. The van der Waals surface area contributed by atoms with Gasteiger partial charge in [0.15, 0.2) is 0 Å². The molecule has 106 valence electrons. The largest absolute Gasteiger partial charge is 0.268 e. The number of nitrogens with zero attached hydrogens (tertiary/aromatic N) is 1. The molecule has 0 spiro atoms. The molecule has 0 unspecified atom stereocenters. The molecule has 0 radical (unpaired) electrons. The lowest BCUT2D eigenvalue weighted by Gasteiger charge is -2.19. The highest BCUT2D eigenvalue weighted by Gasteiger charge is 2.37. The maximum Gasteiger partial charge on any atom is 0.266 e. The Morgan fingerprint density at radius 2 is 1.43 bits per heavy atom. The van der Waals surface area contributed by atoms with Crippen LogP contribution in [0, 0.1) is 13.8 Å². The number of carbonyl (C=O) groups excluding carboxylic acids is 2. The first-order valence-electron chi connectivity index (χ1n) is 6.36. The predicted octanol–water partition coefficient (Wildman–Crippen LogP) is 4.63. The molecule has 1 heterocycles. The van der Waals surface area contributed by atoms with Gasteiger partial charge in [0.25, 0.3) is 11.8 Å². The molecule has 1 aliphatic rings. The van der Waals surface area contributed by atoms with Crippen molar-refractivity contribution in [3.63, 3.8) is 0 Å². The summed E-state index contributed by atoms with van der Waals surface area (Å²) in [6.45, 7) is 3.87. The average molecular weight is 409 g/mol. The molecule has 5 heteroatoms. The van der Waals surface area contributed by atoms with Crippen LogP contribution < -0.4 is 4.90 Å². The quantitative estimate of drug-likeness (QED) is 0.645. The molecule has 2 aromatic rings. The van der Waals surface area contributed by atoms with Crippen LogP contribution in [-0.4, -0.2) is 11.8 Å². The SMILES string of the molecule is Cc1cc(N2C(=O)c3ccccc3C2=O)c(Br)c(C)c1Br. The van der Waals surface area contributed by atoms with Crippen LogP contribution >= 0.6 is 31.9 Å². The molecule has 0 saturated heterocycles. The van der Waals surface area contributed by atoms with Gasteiger partial charge in [-0.3, -0.25) is 9.59 Å². The van der Waals surface area contributed by atoms with Crippen molar-refractivity contribution in [1.82, 2.24) is 0 Å². The molecule has 0 bridgehead atoms. The highest BCUT2D eigenvalue weighted by molar-refractivity contribution is 9.11. The van der Waals surface area contributed by atoms with Crippen LogP contribution in [0.4, 0.5) is 5.69 Å². The van der Waals surface area contributed by atoms with E-state index < -0.39 is 0 Å². The van der Waals surface area contributed by atoms with Crippen molar-refractivity contribution in [2.45, 2.75) is 13.8 Å². The van der Waals surface area contributed by atoms with Gasteiger partial charge in [-0.2, -0.15) is 0 Å². The van der Waals surface area contributed by atoms with E-state index >= 15 is 0 Å². The van der Waals surface area contributed by atoms with Crippen molar-refractivity contribution in [3.05, 3.63) is 61.5 Å². The zero-order chi connectivity index (χ0) is 15.3. The van der Waals surface area contributed by atoms with E-state index in [1.807, 2.05) is 19.9 Å². The van der Waals surface area contributed by atoms with E-state index in [4.69, 9.17) is 0 Å². The van der Waals surface area contributed by atoms with Gasteiger partial charge in [0.2, 0.25) is 0 Å². The van der Waals surface area contributed by atoms with Crippen molar-refractivity contribution < 1.29 is 9.59 Å². The molecular weight excluding hydrogens is 398 g/mol. The summed E-state index contributed by atoms with van der Waals surface area (Å²) in [6, 6.07) is 8.73. The minimum absolute atomic E-state index is 0.280. The minimum Gasteiger partial charge on any atom is -0.268 e. The third-order valence-electron chi connectivity index (χ3n) is 3.62. The Bertz CT molecular complexity index is 764. The number of anilines is 1. The van der Waals surface area contributed by atoms with Crippen molar-refractivity contribution in [1.29, 1.82) is 0 Å². The summed E-state index contributed by atoms with van der Waals surface area (Å²) in [5.41, 5.74) is 3.42. The van der Waals surface area contributed by atoms with E-state index in [0.717, 1.165) is 20.1 Å². The van der Waals surface area contributed by atoms with E-state index in [2.05, 4.69) is 31.9 Å². The van der Waals surface area contributed by atoms with Gasteiger partial charge in [0.05, 0.1) is 16.8 Å². The number of carbonyl (C=O) groups is 2. The second kappa shape index (κ2) is 5.07.